The van der Waals surface area contributed by atoms with Crippen LogP contribution < -0.4 is 10.6 Å². The van der Waals surface area contributed by atoms with Gasteiger partial charge in [0.2, 0.25) is 0 Å². The molecule has 28 heavy (non-hydrogen) atoms. The first kappa shape index (κ1) is 19.9. The number of carbonyl (C=O) groups excluding carboxylic acids is 1. The number of amides is 2. The molecule has 0 saturated heterocycles. The molecule has 0 saturated carbocycles. The third kappa shape index (κ3) is 6.07. The molecular formula is C21H26N4O3. The van der Waals surface area contributed by atoms with Crippen LogP contribution >= 0.6 is 0 Å². The number of ether oxygens (including phenoxy) is 2. The lowest BCUT2D eigenvalue weighted by Crippen LogP contribution is -2.30. The van der Waals surface area contributed by atoms with Crippen molar-refractivity contribution in [3.05, 3.63) is 59.8 Å². The van der Waals surface area contributed by atoms with Gasteiger partial charge in [-0.15, -0.1) is 0 Å². The highest BCUT2D eigenvalue weighted by molar-refractivity contribution is 5.93. The molecular weight excluding hydrogens is 356 g/mol. The molecule has 0 bridgehead atoms. The number of nitrogens with one attached hydrogen (secondary N) is 3. The molecule has 0 aliphatic rings. The largest absolute Gasteiger partial charge is 0.379 e. The third-order valence-corrected chi connectivity index (χ3v) is 4.26. The Labute approximate surface area is 164 Å². The van der Waals surface area contributed by atoms with Gasteiger partial charge >= 0.3 is 6.03 Å². The number of anilines is 1. The Kier molecular flexibility index (Phi) is 7.40. The second-order valence-electron chi connectivity index (χ2n) is 6.51. The van der Waals surface area contributed by atoms with E-state index < -0.39 is 0 Å². The van der Waals surface area contributed by atoms with Crippen molar-refractivity contribution in [2.45, 2.75) is 20.0 Å². The standard InChI is InChI=1S/C21H26N4O3/c1-16-12-18(13-20-19(16)14-23-25-20)24-21(26)22-8-5-9-27-10-11-28-15-17-6-3-2-4-7-17/h2-4,6-7,12-14H,5,8-11,15H2,1H3,(H,23,25)(H2,22,24,26). The molecule has 2 aromatic carbocycles. The number of aromatic amines is 1. The van der Waals surface area contributed by atoms with E-state index in [9.17, 15) is 4.79 Å². The minimum atomic E-state index is -0.232. The normalized spacial score (nSPS) is 10.9. The molecule has 0 unspecified atom stereocenters. The Balaban J connectivity index is 1.23. The van der Waals surface area contributed by atoms with Gasteiger partial charge in [0.15, 0.2) is 0 Å². The first-order chi connectivity index (χ1) is 13.7. The Morgan fingerprint density at radius 2 is 1.93 bits per heavy atom. The topological polar surface area (TPSA) is 88.3 Å². The van der Waals surface area contributed by atoms with Gasteiger partial charge in [0.25, 0.3) is 0 Å². The van der Waals surface area contributed by atoms with E-state index >= 15 is 0 Å². The molecule has 148 valence electrons. The minimum absolute atomic E-state index is 0.232. The Bertz CT molecular complexity index is 880. The van der Waals surface area contributed by atoms with Gasteiger partial charge in [-0.3, -0.25) is 5.10 Å². The summed E-state index contributed by atoms with van der Waals surface area (Å²) in [5.41, 5.74) is 3.85. The molecule has 0 aliphatic heterocycles. The molecule has 0 spiro atoms. The third-order valence-electron chi connectivity index (χ3n) is 4.26. The predicted molar refractivity (Wildman–Crippen MR) is 109 cm³/mol. The van der Waals surface area contributed by atoms with Crippen LogP contribution in [0, 0.1) is 6.92 Å². The van der Waals surface area contributed by atoms with Gasteiger partial charge in [-0.05, 0) is 36.6 Å². The number of benzene rings is 2. The molecule has 0 radical (unpaired) electrons. The molecule has 2 amide bonds. The van der Waals surface area contributed by atoms with Gasteiger partial charge in [-0.1, -0.05) is 30.3 Å². The maximum Gasteiger partial charge on any atom is 0.319 e. The maximum absolute atomic E-state index is 12.0. The van der Waals surface area contributed by atoms with Crippen molar-refractivity contribution in [2.75, 3.05) is 31.7 Å². The van der Waals surface area contributed by atoms with Crippen molar-refractivity contribution >= 4 is 22.6 Å². The van der Waals surface area contributed by atoms with E-state index in [2.05, 4.69) is 20.8 Å². The summed E-state index contributed by atoms with van der Waals surface area (Å²) in [6.07, 6.45) is 2.52. The van der Waals surface area contributed by atoms with Crippen LogP contribution in [0.15, 0.2) is 48.7 Å². The van der Waals surface area contributed by atoms with Crippen LogP contribution in [-0.2, 0) is 16.1 Å². The molecule has 3 aromatic rings. The Hall–Kier alpha value is -2.90. The summed E-state index contributed by atoms with van der Waals surface area (Å²) in [5, 5.41) is 13.7. The van der Waals surface area contributed by atoms with Crippen LogP contribution in [0.4, 0.5) is 10.5 Å². The fourth-order valence-corrected chi connectivity index (χ4v) is 2.84. The van der Waals surface area contributed by atoms with Crippen molar-refractivity contribution in [1.82, 2.24) is 15.5 Å². The first-order valence-corrected chi connectivity index (χ1v) is 9.40. The molecule has 0 atom stereocenters. The van der Waals surface area contributed by atoms with Crippen molar-refractivity contribution in [3.8, 4) is 0 Å². The van der Waals surface area contributed by atoms with Crippen LogP contribution in [0.2, 0.25) is 0 Å². The van der Waals surface area contributed by atoms with Gasteiger partial charge in [-0.2, -0.15) is 5.10 Å². The number of hydrogen-bond acceptors (Lipinski definition) is 4. The summed E-state index contributed by atoms with van der Waals surface area (Å²) < 4.78 is 11.1. The number of nitrogens with zero attached hydrogens (tertiary/aromatic N) is 1. The molecule has 1 heterocycles. The lowest BCUT2D eigenvalue weighted by molar-refractivity contribution is 0.0400. The number of fused-ring (bicyclic) bond motifs is 1. The van der Waals surface area contributed by atoms with E-state index in [1.165, 1.54) is 0 Å². The zero-order chi connectivity index (χ0) is 19.6. The SMILES string of the molecule is Cc1cc(NC(=O)NCCCOCCOCc2ccccc2)cc2[nH]ncc12. The number of hydrogen-bond donors (Lipinski definition) is 3. The molecule has 7 heteroatoms. The van der Waals surface area contributed by atoms with Crippen LogP contribution in [0.5, 0.6) is 0 Å². The summed E-state index contributed by atoms with van der Waals surface area (Å²) in [6, 6.07) is 13.6. The van der Waals surface area contributed by atoms with Gasteiger partial charge in [0.1, 0.15) is 0 Å². The second-order valence-corrected chi connectivity index (χ2v) is 6.51. The fraction of sp³-hybridized carbons (Fsp3) is 0.333. The van der Waals surface area contributed by atoms with Crippen LogP contribution in [0.1, 0.15) is 17.5 Å². The van der Waals surface area contributed by atoms with E-state index in [4.69, 9.17) is 9.47 Å². The van der Waals surface area contributed by atoms with Crippen LogP contribution in [0.25, 0.3) is 10.9 Å². The van der Waals surface area contributed by atoms with Crippen LogP contribution in [-0.4, -0.2) is 42.6 Å². The van der Waals surface area contributed by atoms with Gasteiger partial charge in [-0.25, -0.2) is 4.79 Å². The fourth-order valence-electron chi connectivity index (χ4n) is 2.84. The lowest BCUT2D eigenvalue weighted by Gasteiger charge is -2.09. The minimum Gasteiger partial charge on any atom is -0.379 e. The van der Waals surface area contributed by atoms with E-state index in [1.807, 2.05) is 49.4 Å². The summed E-state index contributed by atoms with van der Waals surface area (Å²) in [7, 11) is 0. The monoisotopic (exact) mass is 382 g/mol. The smallest absolute Gasteiger partial charge is 0.319 e. The van der Waals surface area contributed by atoms with E-state index in [0.29, 0.717) is 33.0 Å². The molecule has 3 rings (SSSR count). The van der Waals surface area contributed by atoms with E-state index in [1.54, 1.807) is 6.20 Å². The highest BCUT2D eigenvalue weighted by Gasteiger charge is 2.05. The van der Waals surface area contributed by atoms with Crippen molar-refractivity contribution < 1.29 is 14.3 Å². The van der Waals surface area contributed by atoms with Gasteiger partial charge in [0, 0.05) is 24.2 Å². The highest BCUT2D eigenvalue weighted by Crippen LogP contribution is 2.21. The van der Waals surface area contributed by atoms with Crippen molar-refractivity contribution in [2.24, 2.45) is 0 Å². The molecule has 3 N–H and O–H groups in total. The zero-order valence-electron chi connectivity index (χ0n) is 16.0. The van der Waals surface area contributed by atoms with Crippen molar-refractivity contribution in [1.29, 1.82) is 0 Å². The average Bonchev–Trinajstić information content (AvgIpc) is 3.16. The zero-order valence-corrected chi connectivity index (χ0v) is 16.0. The average molecular weight is 382 g/mol. The van der Waals surface area contributed by atoms with Gasteiger partial charge < -0.3 is 20.1 Å². The highest BCUT2D eigenvalue weighted by atomic mass is 16.5. The quantitative estimate of drug-likeness (QED) is 0.467. The first-order valence-electron chi connectivity index (χ1n) is 9.40. The molecule has 7 nitrogen and oxygen atoms in total. The molecule has 0 fully saturated rings. The van der Waals surface area contributed by atoms with E-state index in [0.717, 1.165) is 34.1 Å². The summed E-state index contributed by atoms with van der Waals surface area (Å²) in [5.74, 6) is 0. The molecule has 1 aromatic heterocycles. The second kappa shape index (κ2) is 10.4. The lowest BCUT2D eigenvalue weighted by atomic mass is 10.1. The summed E-state index contributed by atoms with van der Waals surface area (Å²) >= 11 is 0. The summed E-state index contributed by atoms with van der Waals surface area (Å²) in [6.45, 7) is 4.80. The van der Waals surface area contributed by atoms with Crippen molar-refractivity contribution in [3.63, 3.8) is 0 Å². The predicted octanol–water partition coefficient (Wildman–Crippen LogP) is 3.62. The Morgan fingerprint density at radius 1 is 1.11 bits per heavy atom. The maximum atomic E-state index is 12.0. The molecule has 0 aliphatic carbocycles. The van der Waals surface area contributed by atoms with Crippen LogP contribution in [0.3, 0.4) is 0 Å². The Morgan fingerprint density at radius 3 is 2.79 bits per heavy atom. The number of urea groups is 1. The number of H-pyrrole nitrogens is 1. The number of rotatable bonds is 10. The van der Waals surface area contributed by atoms with E-state index in [-0.39, 0.29) is 6.03 Å². The summed E-state index contributed by atoms with van der Waals surface area (Å²) in [4.78, 5) is 12.0. The number of aromatic nitrogens is 2. The number of aryl methyl sites for hydroxylation is 1. The number of carbonyl (C=O) groups is 1. The van der Waals surface area contributed by atoms with Gasteiger partial charge in [0.05, 0.1) is 31.5 Å².